The lowest BCUT2D eigenvalue weighted by Crippen LogP contribution is -2.38. The number of anilines is 2. The number of pyridine rings is 1. The molecule has 2 aliphatic rings. The maximum atomic E-state index is 13.9. The van der Waals surface area contributed by atoms with E-state index in [-0.39, 0.29) is 28.9 Å². The molecule has 0 spiro atoms. The van der Waals surface area contributed by atoms with Crippen molar-refractivity contribution in [1.82, 2.24) is 14.5 Å². The zero-order chi connectivity index (χ0) is 26.3. The predicted molar refractivity (Wildman–Crippen MR) is 145 cm³/mol. The standard InChI is InChI=1S/C29H32FN5O2/c1-5-6-7-24-19(2)32-28(37)35(24)22-11-14-33(15-12-22)26-16-20(10-13-31-26)27(36)34-18-29(3,4)23-17-21(30)8-9-25(23)34/h5-10,13,16-17,22H,1,11-12,14-15,18H2,2-4H3,(H,32,37)/b7-6-. The lowest BCUT2D eigenvalue weighted by Gasteiger charge is -2.33. The van der Waals surface area contributed by atoms with Gasteiger partial charge in [-0.1, -0.05) is 32.6 Å². The monoisotopic (exact) mass is 501 g/mol. The summed E-state index contributed by atoms with van der Waals surface area (Å²) in [6, 6.07) is 8.26. The summed E-state index contributed by atoms with van der Waals surface area (Å²) in [4.78, 5) is 37.5. The van der Waals surface area contributed by atoms with Crippen LogP contribution >= 0.6 is 0 Å². The second kappa shape index (κ2) is 9.50. The number of aromatic amines is 1. The average molecular weight is 502 g/mol. The first-order valence-corrected chi connectivity index (χ1v) is 12.6. The van der Waals surface area contributed by atoms with Crippen LogP contribution in [0.15, 0.2) is 60.1 Å². The first-order valence-electron chi connectivity index (χ1n) is 12.6. The molecule has 7 nitrogen and oxygen atoms in total. The molecule has 2 aliphatic heterocycles. The minimum Gasteiger partial charge on any atom is -0.356 e. The number of aryl methyl sites for hydroxylation is 1. The van der Waals surface area contributed by atoms with Crippen molar-refractivity contribution in [2.75, 3.05) is 29.4 Å². The molecule has 0 bridgehead atoms. The predicted octanol–water partition coefficient (Wildman–Crippen LogP) is 5.00. The number of nitrogens with one attached hydrogen (secondary N) is 1. The van der Waals surface area contributed by atoms with E-state index in [9.17, 15) is 14.0 Å². The second-order valence-electron chi connectivity index (χ2n) is 10.5. The van der Waals surface area contributed by atoms with Crippen LogP contribution in [0.4, 0.5) is 15.9 Å². The van der Waals surface area contributed by atoms with Crippen LogP contribution in [-0.2, 0) is 5.41 Å². The van der Waals surface area contributed by atoms with Crippen molar-refractivity contribution in [3.63, 3.8) is 0 Å². The van der Waals surface area contributed by atoms with Crippen molar-refractivity contribution in [3.05, 3.63) is 94.1 Å². The molecule has 1 amide bonds. The number of carbonyl (C=O) groups excluding carboxylic acids is 1. The van der Waals surface area contributed by atoms with Gasteiger partial charge in [-0.15, -0.1) is 0 Å². The van der Waals surface area contributed by atoms with Gasteiger partial charge in [0.25, 0.3) is 5.91 Å². The third kappa shape index (κ3) is 4.52. The number of hydrogen-bond donors (Lipinski definition) is 1. The van der Waals surface area contributed by atoms with Crippen molar-refractivity contribution >= 4 is 23.5 Å². The summed E-state index contributed by atoms with van der Waals surface area (Å²) < 4.78 is 15.7. The molecule has 0 saturated carbocycles. The Morgan fingerprint density at radius 2 is 1.97 bits per heavy atom. The third-order valence-electron chi connectivity index (χ3n) is 7.47. The highest BCUT2D eigenvalue weighted by atomic mass is 19.1. The molecule has 0 aliphatic carbocycles. The van der Waals surface area contributed by atoms with E-state index in [1.807, 2.05) is 43.6 Å². The van der Waals surface area contributed by atoms with Crippen LogP contribution in [-0.4, -0.2) is 40.1 Å². The van der Waals surface area contributed by atoms with Crippen molar-refractivity contribution < 1.29 is 9.18 Å². The molecule has 0 radical (unpaired) electrons. The van der Waals surface area contributed by atoms with Gasteiger partial charge in [0.05, 0.1) is 5.69 Å². The van der Waals surface area contributed by atoms with Crippen molar-refractivity contribution in [2.45, 2.75) is 45.1 Å². The molecule has 192 valence electrons. The summed E-state index contributed by atoms with van der Waals surface area (Å²) >= 11 is 0. The fourth-order valence-corrected chi connectivity index (χ4v) is 5.57. The smallest absolute Gasteiger partial charge is 0.326 e. The van der Waals surface area contributed by atoms with Gasteiger partial charge in [0.1, 0.15) is 11.6 Å². The Labute approximate surface area is 215 Å². The van der Waals surface area contributed by atoms with Crippen LogP contribution in [0, 0.1) is 12.7 Å². The van der Waals surface area contributed by atoms with Gasteiger partial charge in [-0.05, 0) is 61.7 Å². The lowest BCUT2D eigenvalue weighted by molar-refractivity contribution is 0.0986. The van der Waals surface area contributed by atoms with Crippen molar-refractivity contribution in [3.8, 4) is 0 Å². The number of benzene rings is 1. The van der Waals surface area contributed by atoms with E-state index < -0.39 is 0 Å². The minimum absolute atomic E-state index is 0.0757. The highest BCUT2D eigenvalue weighted by Gasteiger charge is 2.38. The molecule has 1 aromatic carbocycles. The number of imidazole rings is 1. The van der Waals surface area contributed by atoms with Gasteiger partial charge in [0.2, 0.25) is 0 Å². The fourth-order valence-electron chi connectivity index (χ4n) is 5.57. The summed E-state index contributed by atoms with van der Waals surface area (Å²) in [5.41, 5.74) is 3.43. The third-order valence-corrected chi connectivity index (χ3v) is 7.47. The Morgan fingerprint density at radius 1 is 1.22 bits per heavy atom. The molecule has 8 heteroatoms. The van der Waals surface area contributed by atoms with Gasteiger partial charge in [-0.25, -0.2) is 14.2 Å². The Balaban J connectivity index is 1.33. The molecule has 1 saturated heterocycles. The van der Waals surface area contributed by atoms with Crippen LogP contribution in [0.2, 0.25) is 0 Å². The number of fused-ring (bicyclic) bond motifs is 1. The van der Waals surface area contributed by atoms with E-state index in [1.54, 1.807) is 29.3 Å². The fraction of sp³-hybridized carbons (Fsp3) is 0.345. The molecule has 4 heterocycles. The maximum absolute atomic E-state index is 13.9. The summed E-state index contributed by atoms with van der Waals surface area (Å²) in [5.74, 6) is 0.327. The first-order chi connectivity index (χ1) is 17.7. The van der Waals surface area contributed by atoms with E-state index in [0.717, 1.165) is 54.4 Å². The summed E-state index contributed by atoms with van der Waals surface area (Å²) in [6.45, 7) is 11.6. The first kappa shape index (κ1) is 24.7. The van der Waals surface area contributed by atoms with E-state index in [4.69, 9.17) is 0 Å². The SMILES string of the molecule is C=C/C=C\c1c(C)[nH]c(=O)n1C1CCN(c2cc(C(=O)N3CC(C)(C)c4cc(F)ccc43)ccn2)CC1. The Morgan fingerprint density at radius 3 is 2.70 bits per heavy atom. The number of H-pyrrole nitrogens is 1. The van der Waals surface area contributed by atoms with Crippen LogP contribution < -0.4 is 15.5 Å². The number of amides is 1. The zero-order valence-electron chi connectivity index (χ0n) is 21.5. The number of piperidine rings is 1. The number of nitrogens with zero attached hydrogens (tertiary/aromatic N) is 4. The minimum atomic E-state index is -0.334. The average Bonchev–Trinajstić information content (AvgIpc) is 3.32. The Hall–Kier alpha value is -3.94. The molecule has 3 aromatic rings. The summed E-state index contributed by atoms with van der Waals surface area (Å²) in [6.07, 6.45) is 8.68. The summed E-state index contributed by atoms with van der Waals surface area (Å²) in [7, 11) is 0. The molecule has 0 atom stereocenters. The van der Waals surface area contributed by atoms with Gasteiger partial charge < -0.3 is 14.8 Å². The second-order valence-corrected chi connectivity index (χ2v) is 10.5. The number of aromatic nitrogens is 3. The number of hydrogen-bond acceptors (Lipinski definition) is 4. The van der Waals surface area contributed by atoms with Crippen LogP contribution in [0.3, 0.4) is 0 Å². The number of rotatable bonds is 5. The maximum Gasteiger partial charge on any atom is 0.326 e. The van der Waals surface area contributed by atoms with Crippen LogP contribution in [0.25, 0.3) is 6.08 Å². The molecule has 2 aromatic heterocycles. The van der Waals surface area contributed by atoms with E-state index >= 15 is 0 Å². The quantitative estimate of drug-likeness (QED) is 0.500. The lowest BCUT2D eigenvalue weighted by atomic mass is 9.87. The normalized spacial score (nSPS) is 17.4. The van der Waals surface area contributed by atoms with Crippen molar-refractivity contribution in [2.24, 2.45) is 0 Å². The van der Waals surface area contributed by atoms with E-state index in [0.29, 0.717) is 12.1 Å². The highest BCUT2D eigenvalue weighted by molar-refractivity contribution is 6.08. The molecular weight excluding hydrogens is 469 g/mol. The molecule has 5 rings (SSSR count). The molecule has 1 fully saturated rings. The number of allylic oxidation sites excluding steroid dienone is 2. The zero-order valence-corrected chi connectivity index (χ0v) is 21.5. The van der Waals surface area contributed by atoms with E-state index in [1.165, 1.54) is 12.1 Å². The molecule has 0 unspecified atom stereocenters. The topological polar surface area (TPSA) is 74.2 Å². The Bertz CT molecular complexity index is 1440. The van der Waals surface area contributed by atoms with Gasteiger partial charge >= 0.3 is 5.69 Å². The van der Waals surface area contributed by atoms with Gasteiger partial charge in [-0.3, -0.25) is 9.36 Å². The van der Waals surface area contributed by atoms with Crippen LogP contribution in [0.5, 0.6) is 0 Å². The van der Waals surface area contributed by atoms with Gasteiger partial charge in [0, 0.05) is 54.2 Å². The Kier molecular flexibility index (Phi) is 6.35. The summed E-state index contributed by atoms with van der Waals surface area (Å²) in [5, 5.41) is 0. The molecule has 1 N–H and O–H groups in total. The number of halogens is 1. The molecular formula is C29H32FN5O2. The van der Waals surface area contributed by atoms with Crippen LogP contribution in [0.1, 0.15) is 60.0 Å². The number of carbonyl (C=O) groups is 1. The highest BCUT2D eigenvalue weighted by Crippen LogP contribution is 2.41. The largest absolute Gasteiger partial charge is 0.356 e. The van der Waals surface area contributed by atoms with Gasteiger partial charge in [-0.2, -0.15) is 0 Å². The molecule has 37 heavy (non-hydrogen) atoms. The van der Waals surface area contributed by atoms with Gasteiger partial charge in [0.15, 0.2) is 0 Å². The van der Waals surface area contributed by atoms with E-state index in [2.05, 4.69) is 21.4 Å². The van der Waals surface area contributed by atoms with Crippen molar-refractivity contribution in [1.29, 1.82) is 0 Å².